The lowest BCUT2D eigenvalue weighted by Crippen LogP contribution is -2.30. The molecule has 6 heteroatoms. The average Bonchev–Trinajstić information content (AvgIpc) is 2.74. The molecule has 0 spiro atoms. The fourth-order valence-electron chi connectivity index (χ4n) is 2.84. The van der Waals surface area contributed by atoms with Crippen LogP contribution in [0.3, 0.4) is 0 Å². The second-order valence-corrected chi connectivity index (χ2v) is 6.22. The Kier molecular flexibility index (Phi) is 8.27. The van der Waals surface area contributed by atoms with Gasteiger partial charge in [-0.05, 0) is 62.7 Å². The number of anilines is 1. The molecule has 2 amide bonds. The number of hydrogen-bond donors (Lipinski definition) is 1. The van der Waals surface area contributed by atoms with Crippen LogP contribution in [0.2, 0.25) is 0 Å². The average molecular weight is 396 g/mol. The van der Waals surface area contributed by atoms with Crippen LogP contribution < -0.4 is 14.8 Å². The quantitative estimate of drug-likeness (QED) is 0.644. The highest BCUT2D eigenvalue weighted by atomic mass is 16.5. The van der Waals surface area contributed by atoms with E-state index in [0.29, 0.717) is 42.4 Å². The van der Waals surface area contributed by atoms with Crippen LogP contribution in [0.15, 0.2) is 48.5 Å². The third kappa shape index (κ3) is 6.10. The van der Waals surface area contributed by atoms with E-state index in [9.17, 15) is 9.59 Å². The lowest BCUT2D eigenvalue weighted by Gasteiger charge is -2.18. The molecule has 154 valence electrons. The molecule has 1 N–H and O–H groups in total. The van der Waals surface area contributed by atoms with Gasteiger partial charge in [-0.15, -0.1) is 0 Å². The Hall–Kier alpha value is -3.28. The molecule has 0 radical (unpaired) electrons. The lowest BCUT2D eigenvalue weighted by atomic mass is 10.1. The van der Waals surface area contributed by atoms with Gasteiger partial charge in [-0.1, -0.05) is 12.1 Å². The molecule has 29 heavy (non-hydrogen) atoms. The van der Waals surface area contributed by atoms with Crippen LogP contribution in [0.25, 0.3) is 6.08 Å². The largest absolute Gasteiger partial charge is 0.493 e. The molecule has 0 bridgehead atoms. The van der Waals surface area contributed by atoms with Crippen molar-refractivity contribution in [3.63, 3.8) is 0 Å². The normalized spacial score (nSPS) is 10.6. The molecule has 0 heterocycles. The number of hydrogen-bond acceptors (Lipinski definition) is 4. The van der Waals surface area contributed by atoms with Crippen molar-refractivity contribution >= 4 is 23.6 Å². The van der Waals surface area contributed by atoms with E-state index in [1.807, 2.05) is 32.9 Å². The van der Waals surface area contributed by atoms with Crippen molar-refractivity contribution in [3.8, 4) is 11.5 Å². The van der Waals surface area contributed by atoms with Gasteiger partial charge in [-0.25, -0.2) is 0 Å². The Bertz CT molecular complexity index is 873. The minimum atomic E-state index is -0.287. The highest BCUT2D eigenvalue weighted by Gasteiger charge is 2.13. The highest BCUT2D eigenvalue weighted by Crippen LogP contribution is 2.28. The summed E-state index contributed by atoms with van der Waals surface area (Å²) >= 11 is 0. The number of rotatable bonds is 9. The molecule has 2 rings (SSSR count). The van der Waals surface area contributed by atoms with E-state index in [-0.39, 0.29) is 11.8 Å². The first-order valence-electron chi connectivity index (χ1n) is 9.71. The Morgan fingerprint density at radius 3 is 2.45 bits per heavy atom. The molecule has 0 aliphatic rings. The summed E-state index contributed by atoms with van der Waals surface area (Å²) in [5.74, 6) is 0.928. The number of ether oxygens (including phenoxy) is 2. The number of amides is 2. The zero-order chi connectivity index (χ0) is 21.2. The van der Waals surface area contributed by atoms with E-state index in [4.69, 9.17) is 9.47 Å². The van der Waals surface area contributed by atoms with Crippen molar-refractivity contribution in [1.82, 2.24) is 4.90 Å². The number of nitrogens with zero attached hydrogens (tertiary/aromatic N) is 1. The van der Waals surface area contributed by atoms with Crippen molar-refractivity contribution in [2.45, 2.75) is 20.8 Å². The molecule has 0 unspecified atom stereocenters. The van der Waals surface area contributed by atoms with E-state index < -0.39 is 0 Å². The summed E-state index contributed by atoms with van der Waals surface area (Å²) in [4.78, 5) is 26.5. The Morgan fingerprint density at radius 1 is 1.03 bits per heavy atom. The van der Waals surface area contributed by atoms with Crippen molar-refractivity contribution < 1.29 is 19.1 Å². The first-order chi connectivity index (χ1) is 14.0. The van der Waals surface area contributed by atoms with Gasteiger partial charge in [-0.2, -0.15) is 0 Å². The van der Waals surface area contributed by atoms with Crippen LogP contribution >= 0.6 is 0 Å². The molecule has 0 atom stereocenters. The van der Waals surface area contributed by atoms with Crippen molar-refractivity contribution in [2.75, 3.05) is 32.1 Å². The number of benzene rings is 2. The summed E-state index contributed by atoms with van der Waals surface area (Å²) in [6.07, 6.45) is 3.13. The van der Waals surface area contributed by atoms with E-state index in [2.05, 4.69) is 5.32 Å². The van der Waals surface area contributed by atoms with Gasteiger partial charge in [-0.3, -0.25) is 9.59 Å². The molecule has 0 saturated carbocycles. The summed E-state index contributed by atoms with van der Waals surface area (Å²) in [7, 11) is 1.57. The van der Waals surface area contributed by atoms with Gasteiger partial charge < -0.3 is 19.7 Å². The summed E-state index contributed by atoms with van der Waals surface area (Å²) in [5, 5.41) is 2.79. The minimum Gasteiger partial charge on any atom is -0.493 e. The van der Waals surface area contributed by atoms with Gasteiger partial charge in [0, 0.05) is 30.4 Å². The van der Waals surface area contributed by atoms with Gasteiger partial charge >= 0.3 is 0 Å². The van der Waals surface area contributed by atoms with Gasteiger partial charge in [0.05, 0.1) is 13.7 Å². The van der Waals surface area contributed by atoms with Crippen LogP contribution in [0.5, 0.6) is 11.5 Å². The fourth-order valence-corrected chi connectivity index (χ4v) is 2.84. The smallest absolute Gasteiger partial charge is 0.253 e. The molecule has 0 saturated heterocycles. The molecule has 0 aromatic heterocycles. The molecule has 0 aliphatic heterocycles. The molecular weight excluding hydrogens is 368 g/mol. The molecule has 6 nitrogen and oxygen atoms in total. The van der Waals surface area contributed by atoms with Crippen LogP contribution in [0.4, 0.5) is 5.69 Å². The third-order valence-corrected chi connectivity index (χ3v) is 4.34. The first-order valence-corrected chi connectivity index (χ1v) is 9.71. The Labute approximate surface area is 172 Å². The Morgan fingerprint density at radius 2 is 1.79 bits per heavy atom. The van der Waals surface area contributed by atoms with Gasteiger partial charge in [0.2, 0.25) is 5.91 Å². The monoisotopic (exact) mass is 396 g/mol. The lowest BCUT2D eigenvalue weighted by molar-refractivity contribution is -0.111. The predicted molar refractivity (Wildman–Crippen MR) is 116 cm³/mol. The standard InChI is InChI=1S/C23H28N2O4/c1-5-25(6-2)23(27)18-9-8-10-19(16-18)24-22(26)14-12-17-11-13-20(29-7-3)21(15-17)28-4/h8-16H,5-7H2,1-4H3,(H,24,26). The molecular formula is C23H28N2O4. The number of nitrogens with one attached hydrogen (secondary N) is 1. The van der Waals surface area contributed by atoms with E-state index >= 15 is 0 Å². The topological polar surface area (TPSA) is 67.9 Å². The summed E-state index contributed by atoms with van der Waals surface area (Å²) < 4.78 is 10.8. The van der Waals surface area contributed by atoms with Crippen LogP contribution in [-0.2, 0) is 4.79 Å². The van der Waals surface area contributed by atoms with Gasteiger partial charge in [0.1, 0.15) is 0 Å². The van der Waals surface area contributed by atoms with Crippen LogP contribution in [0, 0.1) is 0 Å². The Balaban J connectivity index is 2.07. The zero-order valence-corrected chi connectivity index (χ0v) is 17.4. The maximum Gasteiger partial charge on any atom is 0.253 e. The maximum atomic E-state index is 12.5. The summed E-state index contributed by atoms with van der Waals surface area (Å²) in [6, 6.07) is 12.4. The van der Waals surface area contributed by atoms with Crippen molar-refractivity contribution in [2.24, 2.45) is 0 Å². The van der Waals surface area contributed by atoms with E-state index in [1.54, 1.807) is 48.4 Å². The van der Waals surface area contributed by atoms with E-state index in [1.165, 1.54) is 6.08 Å². The zero-order valence-electron chi connectivity index (χ0n) is 17.4. The summed E-state index contributed by atoms with van der Waals surface area (Å²) in [6.45, 7) is 7.61. The third-order valence-electron chi connectivity index (χ3n) is 4.34. The SMILES string of the molecule is CCOc1ccc(C=CC(=O)Nc2cccc(C(=O)N(CC)CC)c2)cc1OC. The van der Waals surface area contributed by atoms with Crippen molar-refractivity contribution in [3.05, 3.63) is 59.7 Å². The minimum absolute atomic E-state index is 0.0527. The molecule has 0 aliphatic carbocycles. The second kappa shape index (κ2) is 10.9. The van der Waals surface area contributed by atoms with Crippen LogP contribution in [-0.4, -0.2) is 43.5 Å². The second-order valence-electron chi connectivity index (χ2n) is 6.22. The van der Waals surface area contributed by atoms with Crippen LogP contribution in [0.1, 0.15) is 36.7 Å². The van der Waals surface area contributed by atoms with Gasteiger partial charge in [0.25, 0.3) is 5.91 Å². The number of carbonyl (C=O) groups is 2. The first kappa shape index (κ1) is 22.0. The predicted octanol–water partition coefficient (Wildman–Crippen LogP) is 4.23. The molecule has 2 aromatic rings. The fraction of sp³-hybridized carbons (Fsp3) is 0.304. The number of methoxy groups -OCH3 is 1. The summed E-state index contributed by atoms with van der Waals surface area (Å²) in [5.41, 5.74) is 1.93. The van der Waals surface area contributed by atoms with E-state index in [0.717, 1.165) is 5.56 Å². The molecule has 2 aromatic carbocycles. The number of carbonyl (C=O) groups excluding carboxylic acids is 2. The molecule has 0 fully saturated rings. The van der Waals surface area contributed by atoms with Crippen molar-refractivity contribution in [1.29, 1.82) is 0 Å². The maximum absolute atomic E-state index is 12.5. The van der Waals surface area contributed by atoms with Gasteiger partial charge in [0.15, 0.2) is 11.5 Å². The highest BCUT2D eigenvalue weighted by molar-refractivity contribution is 6.03.